The van der Waals surface area contributed by atoms with E-state index in [1.807, 2.05) is 0 Å². The molecule has 0 saturated heterocycles. The van der Waals surface area contributed by atoms with Gasteiger partial charge in [-0.2, -0.15) is 0 Å². The molecule has 0 aromatic heterocycles. The second-order valence-electron chi connectivity index (χ2n) is 4.02. The van der Waals surface area contributed by atoms with Crippen molar-refractivity contribution >= 4 is 5.91 Å². The number of carbonyl (C=O) groups excluding carboxylic acids is 1. The number of rotatable bonds is 6. The summed E-state index contributed by atoms with van der Waals surface area (Å²) in [5.74, 6) is -0.606. The summed E-state index contributed by atoms with van der Waals surface area (Å²) in [5.41, 5.74) is 1.12. The number of aryl methyl sites for hydroxylation is 1. The van der Waals surface area contributed by atoms with Crippen LogP contribution in [0, 0.1) is 12.7 Å². The molecule has 17 heavy (non-hydrogen) atoms. The Kier molecular flexibility index (Phi) is 5.63. The fraction of sp³-hybridized carbons (Fsp3) is 0.462. The van der Waals surface area contributed by atoms with Crippen molar-refractivity contribution in [1.29, 1.82) is 0 Å². The highest BCUT2D eigenvalue weighted by Gasteiger charge is 2.06. The van der Waals surface area contributed by atoms with Crippen molar-refractivity contribution in [3.05, 3.63) is 35.1 Å². The molecular weight excluding hydrogens is 219 g/mol. The molecule has 1 aromatic rings. The Bertz CT molecular complexity index is 359. The smallest absolute Gasteiger partial charge is 0.251 e. The molecule has 0 atom stereocenters. The molecule has 2 N–H and O–H groups in total. The highest BCUT2D eigenvalue weighted by molar-refractivity contribution is 5.94. The summed E-state index contributed by atoms with van der Waals surface area (Å²) < 4.78 is 13.1. The molecule has 0 heterocycles. The Labute approximate surface area is 101 Å². The van der Waals surface area contributed by atoms with Crippen LogP contribution in [0.2, 0.25) is 0 Å². The van der Waals surface area contributed by atoms with Gasteiger partial charge in [-0.05, 0) is 43.7 Å². The van der Waals surface area contributed by atoms with Gasteiger partial charge in [0.1, 0.15) is 5.82 Å². The standard InChI is InChI=1S/C13H19FN2O/c1-3-4-15-5-6-16-13(17)11-7-10(2)8-12(14)9-11/h7-9,15H,3-6H2,1-2H3,(H,16,17). The summed E-state index contributed by atoms with van der Waals surface area (Å²) >= 11 is 0. The molecule has 1 aromatic carbocycles. The molecule has 0 radical (unpaired) electrons. The fourth-order valence-corrected chi connectivity index (χ4v) is 1.54. The van der Waals surface area contributed by atoms with Crippen LogP contribution in [0.3, 0.4) is 0 Å². The van der Waals surface area contributed by atoms with Gasteiger partial charge >= 0.3 is 0 Å². The average molecular weight is 238 g/mol. The van der Waals surface area contributed by atoms with Crippen molar-refractivity contribution in [2.75, 3.05) is 19.6 Å². The van der Waals surface area contributed by atoms with Crippen LogP contribution in [-0.2, 0) is 0 Å². The Morgan fingerprint density at radius 3 is 2.65 bits per heavy atom. The van der Waals surface area contributed by atoms with Gasteiger partial charge in [-0.1, -0.05) is 6.92 Å². The third-order valence-electron chi connectivity index (χ3n) is 2.32. The minimum Gasteiger partial charge on any atom is -0.351 e. The third kappa shape index (κ3) is 4.95. The van der Waals surface area contributed by atoms with E-state index in [4.69, 9.17) is 0 Å². The van der Waals surface area contributed by atoms with Gasteiger partial charge in [0.05, 0.1) is 0 Å². The SMILES string of the molecule is CCCNCCNC(=O)c1cc(C)cc(F)c1. The summed E-state index contributed by atoms with van der Waals surface area (Å²) in [5, 5.41) is 5.92. The first-order chi connectivity index (χ1) is 8.13. The molecule has 94 valence electrons. The number of halogens is 1. The third-order valence-corrected chi connectivity index (χ3v) is 2.32. The maximum absolute atomic E-state index is 13.1. The minimum absolute atomic E-state index is 0.231. The molecule has 0 bridgehead atoms. The van der Waals surface area contributed by atoms with E-state index in [0.29, 0.717) is 12.1 Å². The summed E-state index contributed by atoms with van der Waals surface area (Å²) in [7, 11) is 0. The molecule has 0 aliphatic heterocycles. The van der Waals surface area contributed by atoms with Gasteiger partial charge in [0.2, 0.25) is 0 Å². The number of benzene rings is 1. The molecule has 0 unspecified atom stereocenters. The lowest BCUT2D eigenvalue weighted by Crippen LogP contribution is -2.32. The van der Waals surface area contributed by atoms with Gasteiger partial charge in [0.15, 0.2) is 0 Å². The van der Waals surface area contributed by atoms with Crippen LogP contribution in [0.5, 0.6) is 0 Å². The highest BCUT2D eigenvalue weighted by Crippen LogP contribution is 2.07. The van der Waals surface area contributed by atoms with Crippen LogP contribution in [0.25, 0.3) is 0 Å². The lowest BCUT2D eigenvalue weighted by molar-refractivity contribution is 0.0953. The predicted octanol–water partition coefficient (Wildman–Crippen LogP) is 1.86. The summed E-state index contributed by atoms with van der Waals surface area (Å²) in [6, 6.07) is 4.33. The predicted molar refractivity (Wildman–Crippen MR) is 66.6 cm³/mol. The second kappa shape index (κ2) is 7.01. The number of amides is 1. The van der Waals surface area contributed by atoms with E-state index in [2.05, 4.69) is 17.6 Å². The molecule has 3 nitrogen and oxygen atoms in total. The highest BCUT2D eigenvalue weighted by atomic mass is 19.1. The van der Waals surface area contributed by atoms with Crippen LogP contribution in [0.15, 0.2) is 18.2 Å². The second-order valence-corrected chi connectivity index (χ2v) is 4.02. The first kappa shape index (κ1) is 13.6. The molecule has 1 rings (SSSR count). The minimum atomic E-state index is -0.376. The molecule has 0 aliphatic rings. The molecule has 1 amide bonds. The number of nitrogens with one attached hydrogen (secondary N) is 2. The Morgan fingerprint density at radius 1 is 1.24 bits per heavy atom. The van der Waals surface area contributed by atoms with E-state index in [-0.39, 0.29) is 11.7 Å². The van der Waals surface area contributed by atoms with E-state index in [9.17, 15) is 9.18 Å². The Hall–Kier alpha value is -1.42. The Morgan fingerprint density at radius 2 is 2.00 bits per heavy atom. The number of carbonyl (C=O) groups is 1. The molecular formula is C13H19FN2O. The van der Waals surface area contributed by atoms with Gasteiger partial charge in [-0.3, -0.25) is 4.79 Å². The quantitative estimate of drug-likeness (QED) is 0.743. The topological polar surface area (TPSA) is 41.1 Å². The van der Waals surface area contributed by atoms with Crippen LogP contribution >= 0.6 is 0 Å². The summed E-state index contributed by atoms with van der Waals surface area (Å²) in [4.78, 5) is 11.7. The largest absolute Gasteiger partial charge is 0.351 e. The lowest BCUT2D eigenvalue weighted by atomic mass is 10.1. The summed E-state index contributed by atoms with van der Waals surface area (Å²) in [6.07, 6.45) is 1.07. The first-order valence-electron chi connectivity index (χ1n) is 5.89. The van der Waals surface area contributed by atoms with Gasteiger partial charge in [-0.25, -0.2) is 4.39 Å². The van der Waals surface area contributed by atoms with Gasteiger partial charge in [0, 0.05) is 18.7 Å². The van der Waals surface area contributed by atoms with E-state index < -0.39 is 0 Å². The van der Waals surface area contributed by atoms with Gasteiger partial charge < -0.3 is 10.6 Å². The number of hydrogen-bond donors (Lipinski definition) is 2. The van der Waals surface area contributed by atoms with E-state index in [0.717, 1.165) is 25.1 Å². The Balaban J connectivity index is 2.41. The normalized spacial score (nSPS) is 10.3. The van der Waals surface area contributed by atoms with Crippen molar-refractivity contribution in [3.63, 3.8) is 0 Å². The van der Waals surface area contributed by atoms with Crippen molar-refractivity contribution in [2.24, 2.45) is 0 Å². The zero-order chi connectivity index (χ0) is 12.7. The molecule has 0 spiro atoms. The van der Waals surface area contributed by atoms with Crippen LogP contribution in [0.4, 0.5) is 4.39 Å². The maximum Gasteiger partial charge on any atom is 0.251 e. The van der Waals surface area contributed by atoms with Crippen molar-refractivity contribution < 1.29 is 9.18 Å². The molecule has 0 saturated carbocycles. The van der Waals surface area contributed by atoms with Gasteiger partial charge in [-0.15, -0.1) is 0 Å². The van der Waals surface area contributed by atoms with Crippen LogP contribution < -0.4 is 10.6 Å². The first-order valence-corrected chi connectivity index (χ1v) is 5.89. The molecule has 4 heteroatoms. The van der Waals surface area contributed by atoms with Crippen molar-refractivity contribution in [3.8, 4) is 0 Å². The lowest BCUT2D eigenvalue weighted by Gasteiger charge is -2.07. The molecule has 0 fully saturated rings. The van der Waals surface area contributed by atoms with Gasteiger partial charge in [0.25, 0.3) is 5.91 Å². The van der Waals surface area contributed by atoms with E-state index in [1.54, 1.807) is 13.0 Å². The van der Waals surface area contributed by atoms with Crippen LogP contribution in [0.1, 0.15) is 29.3 Å². The maximum atomic E-state index is 13.1. The van der Waals surface area contributed by atoms with Crippen molar-refractivity contribution in [1.82, 2.24) is 10.6 Å². The summed E-state index contributed by atoms with van der Waals surface area (Å²) in [6.45, 7) is 6.07. The van der Waals surface area contributed by atoms with E-state index >= 15 is 0 Å². The fourth-order valence-electron chi connectivity index (χ4n) is 1.54. The zero-order valence-electron chi connectivity index (χ0n) is 10.3. The monoisotopic (exact) mass is 238 g/mol. The zero-order valence-corrected chi connectivity index (χ0v) is 10.3. The van der Waals surface area contributed by atoms with Crippen molar-refractivity contribution in [2.45, 2.75) is 20.3 Å². The molecule has 0 aliphatic carbocycles. The average Bonchev–Trinajstić information content (AvgIpc) is 2.27. The van der Waals surface area contributed by atoms with Crippen LogP contribution in [-0.4, -0.2) is 25.5 Å². The van der Waals surface area contributed by atoms with E-state index in [1.165, 1.54) is 12.1 Å². The number of hydrogen-bond acceptors (Lipinski definition) is 2.